The Kier molecular flexibility index (Phi) is 8.37. The van der Waals surface area contributed by atoms with Gasteiger partial charge >= 0.3 is 11.8 Å². The maximum absolute atomic E-state index is 13.9. The van der Waals surface area contributed by atoms with Gasteiger partial charge in [-0.1, -0.05) is 48.0 Å². The predicted octanol–water partition coefficient (Wildman–Crippen LogP) is 3.83. The van der Waals surface area contributed by atoms with Crippen LogP contribution >= 0.6 is 11.6 Å². The Bertz CT molecular complexity index is 1140. The lowest BCUT2D eigenvalue weighted by atomic mass is 10.2. The highest BCUT2D eigenvalue weighted by molar-refractivity contribution is 6.35. The third-order valence-electron chi connectivity index (χ3n) is 4.50. The number of nitrogens with one attached hydrogen (secondary N) is 2. The SMILES string of the molecule is COc1cc(C=NNC(=O)C(=O)NCc2ccccc2)ccc1OCc1c(F)cccc1Cl. The number of hydrogen-bond donors (Lipinski definition) is 2. The molecule has 9 heteroatoms. The minimum Gasteiger partial charge on any atom is -0.493 e. The molecule has 0 aromatic heterocycles. The van der Waals surface area contributed by atoms with Crippen LogP contribution in [0.3, 0.4) is 0 Å². The predicted molar refractivity (Wildman–Crippen MR) is 123 cm³/mol. The van der Waals surface area contributed by atoms with E-state index in [-0.39, 0.29) is 23.7 Å². The van der Waals surface area contributed by atoms with Crippen LogP contribution in [0.25, 0.3) is 0 Å². The molecule has 3 rings (SSSR count). The highest BCUT2D eigenvalue weighted by Gasteiger charge is 2.13. The Labute approximate surface area is 195 Å². The smallest absolute Gasteiger partial charge is 0.329 e. The molecule has 3 aromatic carbocycles. The number of carbonyl (C=O) groups excluding carboxylic acids is 2. The van der Waals surface area contributed by atoms with Crippen molar-refractivity contribution in [2.75, 3.05) is 7.11 Å². The average molecular weight is 470 g/mol. The summed E-state index contributed by atoms with van der Waals surface area (Å²) in [5.74, 6) is -1.41. The minimum absolute atomic E-state index is 0.0799. The first kappa shape index (κ1) is 23.7. The van der Waals surface area contributed by atoms with Gasteiger partial charge in [-0.2, -0.15) is 5.10 Å². The largest absolute Gasteiger partial charge is 0.493 e. The Morgan fingerprint density at radius 2 is 1.82 bits per heavy atom. The van der Waals surface area contributed by atoms with Crippen molar-refractivity contribution >= 4 is 29.6 Å². The van der Waals surface area contributed by atoms with Crippen molar-refractivity contribution in [2.24, 2.45) is 5.10 Å². The summed E-state index contributed by atoms with van der Waals surface area (Å²) >= 11 is 6.02. The number of methoxy groups -OCH3 is 1. The van der Waals surface area contributed by atoms with Gasteiger partial charge in [0, 0.05) is 12.1 Å². The average Bonchev–Trinajstić information content (AvgIpc) is 2.83. The summed E-state index contributed by atoms with van der Waals surface area (Å²) in [6.45, 7) is 0.150. The lowest BCUT2D eigenvalue weighted by molar-refractivity contribution is -0.139. The molecule has 7 nitrogen and oxygen atoms in total. The van der Waals surface area contributed by atoms with E-state index in [1.165, 1.54) is 25.5 Å². The van der Waals surface area contributed by atoms with E-state index >= 15 is 0 Å². The monoisotopic (exact) mass is 469 g/mol. The van der Waals surface area contributed by atoms with Crippen molar-refractivity contribution in [3.63, 3.8) is 0 Å². The number of amides is 2. The second-order valence-electron chi connectivity index (χ2n) is 6.77. The van der Waals surface area contributed by atoms with E-state index in [1.807, 2.05) is 30.3 Å². The molecule has 0 radical (unpaired) electrons. The Morgan fingerprint density at radius 3 is 2.55 bits per heavy atom. The molecule has 0 atom stereocenters. The van der Waals surface area contributed by atoms with Gasteiger partial charge in [-0.3, -0.25) is 9.59 Å². The lowest BCUT2D eigenvalue weighted by Gasteiger charge is -2.12. The molecule has 0 fully saturated rings. The van der Waals surface area contributed by atoms with Crippen LogP contribution in [-0.2, 0) is 22.7 Å². The lowest BCUT2D eigenvalue weighted by Crippen LogP contribution is -2.37. The maximum atomic E-state index is 13.9. The van der Waals surface area contributed by atoms with Crippen molar-refractivity contribution in [3.8, 4) is 11.5 Å². The molecular weight excluding hydrogens is 449 g/mol. The summed E-state index contributed by atoms with van der Waals surface area (Å²) in [5.41, 5.74) is 3.85. The summed E-state index contributed by atoms with van der Waals surface area (Å²) in [4.78, 5) is 23.8. The van der Waals surface area contributed by atoms with Gasteiger partial charge in [0.15, 0.2) is 11.5 Å². The Hall–Kier alpha value is -3.91. The zero-order valence-corrected chi connectivity index (χ0v) is 18.4. The van der Waals surface area contributed by atoms with Gasteiger partial charge in [-0.05, 0) is 41.5 Å². The van der Waals surface area contributed by atoms with Crippen molar-refractivity contribution < 1.29 is 23.5 Å². The maximum Gasteiger partial charge on any atom is 0.329 e. The van der Waals surface area contributed by atoms with Gasteiger partial charge < -0.3 is 14.8 Å². The second-order valence-corrected chi connectivity index (χ2v) is 7.17. The van der Waals surface area contributed by atoms with Crippen LogP contribution in [0.15, 0.2) is 71.8 Å². The number of hydrogen-bond acceptors (Lipinski definition) is 5. The molecule has 0 aliphatic rings. The van der Waals surface area contributed by atoms with Crippen LogP contribution in [0, 0.1) is 5.82 Å². The Balaban J connectivity index is 1.55. The molecule has 0 spiro atoms. The zero-order chi connectivity index (χ0) is 23.6. The molecule has 33 heavy (non-hydrogen) atoms. The minimum atomic E-state index is -0.893. The molecule has 0 unspecified atom stereocenters. The van der Waals surface area contributed by atoms with E-state index in [0.717, 1.165) is 5.56 Å². The third-order valence-corrected chi connectivity index (χ3v) is 4.86. The van der Waals surface area contributed by atoms with Crippen LogP contribution in [0.2, 0.25) is 5.02 Å². The molecule has 3 aromatic rings. The van der Waals surface area contributed by atoms with Crippen LogP contribution in [0.4, 0.5) is 4.39 Å². The van der Waals surface area contributed by atoms with E-state index in [1.54, 1.807) is 24.3 Å². The quantitative estimate of drug-likeness (QED) is 0.298. The van der Waals surface area contributed by atoms with Gasteiger partial charge in [-0.15, -0.1) is 0 Å². The van der Waals surface area contributed by atoms with Gasteiger partial charge in [0.2, 0.25) is 0 Å². The van der Waals surface area contributed by atoms with Crippen molar-refractivity contribution in [1.29, 1.82) is 0 Å². The zero-order valence-electron chi connectivity index (χ0n) is 17.7. The van der Waals surface area contributed by atoms with E-state index < -0.39 is 17.6 Å². The van der Waals surface area contributed by atoms with Gasteiger partial charge in [0.05, 0.1) is 18.3 Å². The molecule has 2 amide bonds. The first-order valence-corrected chi connectivity index (χ1v) is 10.2. The highest BCUT2D eigenvalue weighted by Crippen LogP contribution is 2.29. The third kappa shape index (κ3) is 6.78. The number of carbonyl (C=O) groups is 2. The van der Waals surface area contributed by atoms with Crippen LogP contribution in [0.5, 0.6) is 11.5 Å². The fraction of sp³-hybridized carbons (Fsp3) is 0.125. The number of hydrazone groups is 1. The topological polar surface area (TPSA) is 89.0 Å². The summed E-state index contributed by atoms with van der Waals surface area (Å²) in [6, 6.07) is 18.5. The molecule has 2 N–H and O–H groups in total. The number of benzene rings is 3. The summed E-state index contributed by atoms with van der Waals surface area (Å²) in [5, 5.41) is 6.57. The molecule has 170 valence electrons. The summed E-state index contributed by atoms with van der Waals surface area (Å²) in [7, 11) is 1.46. The summed E-state index contributed by atoms with van der Waals surface area (Å²) in [6.07, 6.45) is 1.35. The Morgan fingerprint density at radius 1 is 1.03 bits per heavy atom. The normalized spacial score (nSPS) is 10.6. The van der Waals surface area contributed by atoms with Crippen molar-refractivity contribution in [2.45, 2.75) is 13.2 Å². The highest BCUT2D eigenvalue weighted by atomic mass is 35.5. The summed E-state index contributed by atoms with van der Waals surface area (Å²) < 4.78 is 24.9. The van der Waals surface area contributed by atoms with E-state index in [2.05, 4.69) is 15.8 Å². The molecule has 0 saturated heterocycles. The van der Waals surface area contributed by atoms with Crippen molar-refractivity contribution in [1.82, 2.24) is 10.7 Å². The van der Waals surface area contributed by atoms with E-state index in [4.69, 9.17) is 21.1 Å². The van der Waals surface area contributed by atoms with Crippen LogP contribution in [0.1, 0.15) is 16.7 Å². The molecule has 0 aliphatic carbocycles. The van der Waals surface area contributed by atoms with E-state index in [9.17, 15) is 14.0 Å². The fourth-order valence-electron chi connectivity index (χ4n) is 2.78. The van der Waals surface area contributed by atoms with Gasteiger partial charge in [0.1, 0.15) is 12.4 Å². The number of halogens is 2. The van der Waals surface area contributed by atoms with Crippen LogP contribution in [-0.4, -0.2) is 25.1 Å². The van der Waals surface area contributed by atoms with Gasteiger partial charge in [0.25, 0.3) is 0 Å². The molecule has 0 saturated carbocycles. The fourth-order valence-corrected chi connectivity index (χ4v) is 3.00. The molecular formula is C24H21ClFN3O4. The first-order chi connectivity index (χ1) is 16.0. The standard InChI is InChI=1S/C24H21ClFN3O4/c1-32-22-12-17(10-11-21(22)33-15-18-19(25)8-5-9-20(18)26)14-28-29-24(31)23(30)27-13-16-6-3-2-4-7-16/h2-12,14H,13,15H2,1H3,(H,27,30)(H,29,31). The first-order valence-electron chi connectivity index (χ1n) is 9.87. The second kappa shape index (κ2) is 11.6. The number of rotatable bonds is 8. The molecule has 0 heterocycles. The number of ether oxygens (including phenoxy) is 2. The van der Waals surface area contributed by atoms with E-state index in [0.29, 0.717) is 17.1 Å². The number of nitrogens with zero attached hydrogens (tertiary/aromatic N) is 1. The van der Waals surface area contributed by atoms with Crippen molar-refractivity contribution in [3.05, 3.63) is 94.3 Å². The van der Waals surface area contributed by atoms with Crippen LogP contribution < -0.4 is 20.2 Å². The molecule has 0 bridgehead atoms. The van der Waals surface area contributed by atoms with Gasteiger partial charge in [-0.25, -0.2) is 9.82 Å². The molecule has 0 aliphatic heterocycles.